The van der Waals surface area contributed by atoms with Crippen molar-refractivity contribution in [3.63, 3.8) is 0 Å². The summed E-state index contributed by atoms with van der Waals surface area (Å²) < 4.78 is 9.93. The van der Waals surface area contributed by atoms with E-state index in [0.29, 0.717) is 25.6 Å². The fourth-order valence-corrected chi connectivity index (χ4v) is 5.47. The van der Waals surface area contributed by atoms with Crippen molar-refractivity contribution in [3.05, 3.63) is 66.0 Å². The third kappa shape index (κ3) is 10.8. The summed E-state index contributed by atoms with van der Waals surface area (Å²) in [6, 6.07) is 17.3. The molecule has 5 rings (SSSR count). The molecule has 1 amide bonds. The van der Waals surface area contributed by atoms with Crippen LogP contribution in [0.15, 0.2) is 54.7 Å². The fraction of sp³-hybridized carbons (Fsp3) is 0.538. The van der Waals surface area contributed by atoms with Gasteiger partial charge in [0.05, 0.1) is 30.1 Å². The molecule has 3 heterocycles. The second-order valence-corrected chi connectivity index (χ2v) is 14.5. The summed E-state index contributed by atoms with van der Waals surface area (Å²) in [5, 5.41) is 20.2. The molecule has 1 aliphatic heterocycles. The van der Waals surface area contributed by atoms with Gasteiger partial charge in [-0.25, -0.2) is 9.36 Å². The Hall–Kier alpha value is -4.38. The van der Waals surface area contributed by atoms with Gasteiger partial charge in [-0.2, -0.15) is 0 Å². The number of hydrogen-bond donors (Lipinski definition) is 1. The van der Waals surface area contributed by atoms with E-state index in [0.717, 1.165) is 35.5 Å². The molecule has 1 N–H and O–H groups in total. The van der Waals surface area contributed by atoms with Gasteiger partial charge in [0, 0.05) is 67.4 Å². The molecule has 0 radical (unpaired) electrons. The zero-order chi connectivity index (χ0) is 37.1. The third-order valence-electron chi connectivity index (χ3n) is 8.23. The summed E-state index contributed by atoms with van der Waals surface area (Å²) in [6.45, 7) is 23.0. The minimum absolute atomic E-state index is 0.108. The van der Waals surface area contributed by atoms with Gasteiger partial charge >= 0.3 is 0 Å². The van der Waals surface area contributed by atoms with Crippen LogP contribution in [-0.4, -0.2) is 68.0 Å². The second kappa shape index (κ2) is 18.0. The SMILES string of the molecule is CC.CC(C)c1cn(CC(C)(C)OCC(C)(C)CNC(=O)CCC=O)nn1.CC(C)n1nnc2c1-c1ccccc1CN(C)c1ccccc1-2. The molecule has 0 saturated heterocycles. The van der Waals surface area contributed by atoms with E-state index in [-0.39, 0.29) is 30.2 Å². The predicted molar refractivity (Wildman–Crippen MR) is 201 cm³/mol. The lowest BCUT2D eigenvalue weighted by atomic mass is 9.94. The minimum Gasteiger partial charge on any atom is -0.373 e. The van der Waals surface area contributed by atoms with Crippen molar-refractivity contribution in [1.29, 1.82) is 0 Å². The van der Waals surface area contributed by atoms with Gasteiger partial charge in [-0.05, 0) is 45.2 Å². The van der Waals surface area contributed by atoms with Gasteiger partial charge in [0.25, 0.3) is 0 Å². The summed E-state index contributed by atoms with van der Waals surface area (Å²) in [6.07, 6.45) is 3.20. The lowest BCUT2D eigenvalue weighted by Crippen LogP contribution is -2.40. The standard InChI is InChI=1S/C19H20N4.C18H32N4O3.C2H6/c1-13(2)23-19-15-9-5-4-8-14(15)12-22(3)17-11-7-6-10-16(17)18(19)20-21-23;1-14(2)15-10-22(21-20-15)12-18(5,6)25-13-17(3,4)11-19-16(24)8-7-9-23;1-2/h4-11,13H,12H2,1-3H3;9-10,14H,7-8,11-13H2,1-6H3,(H,19,24);1-2H3. The van der Waals surface area contributed by atoms with Gasteiger partial charge < -0.3 is 19.7 Å². The van der Waals surface area contributed by atoms with E-state index in [1.807, 2.05) is 57.1 Å². The van der Waals surface area contributed by atoms with Gasteiger partial charge in [-0.1, -0.05) is 94.4 Å². The number of aromatic nitrogens is 6. The van der Waals surface area contributed by atoms with Gasteiger partial charge in [0.1, 0.15) is 12.0 Å². The van der Waals surface area contributed by atoms with Crippen LogP contribution in [0.5, 0.6) is 0 Å². The van der Waals surface area contributed by atoms with E-state index in [1.165, 1.54) is 16.8 Å². The van der Waals surface area contributed by atoms with Gasteiger partial charge in [-0.3, -0.25) is 4.79 Å². The third-order valence-corrected chi connectivity index (χ3v) is 8.23. The van der Waals surface area contributed by atoms with Crippen LogP contribution in [0.1, 0.15) is 105 Å². The number of fused-ring (bicyclic) bond motifs is 5. The number of aldehydes is 1. The van der Waals surface area contributed by atoms with E-state index in [4.69, 9.17) is 4.74 Å². The van der Waals surface area contributed by atoms with Crippen molar-refractivity contribution in [2.75, 3.05) is 25.1 Å². The molecular formula is C39H58N8O3. The molecule has 0 atom stereocenters. The largest absolute Gasteiger partial charge is 0.373 e. The molecule has 50 heavy (non-hydrogen) atoms. The summed E-state index contributed by atoms with van der Waals surface area (Å²) in [5.41, 5.74) is 7.31. The number of carbonyl (C=O) groups excluding carboxylic acids is 2. The first-order chi connectivity index (χ1) is 23.7. The minimum atomic E-state index is -0.402. The van der Waals surface area contributed by atoms with Crippen molar-refractivity contribution in [1.82, 2.24) is 35.3 Å². The van der Waals surface area contributed by atoms with E-state index in [2.05, 4.69) is 114 Å². The maximum atomic E-state index is 11.6. The maximum Gasteiger partial charge on any atom is 0.220 e. The molecule has 0 unspecified atom stereocenters. The normalized spacial score (nSPS) is 12.4. The van der Waals surface area contributed by atoms with Crippen LogP contribution in [0, 0.1) is 5.41 Å². The summed E-state index contributed by atoms with van der Waals surface area (Å²) in [5.74, 6) is 0.239. The Morgan fingerprint density at radius 1 is 0.960 bits per heavy atom. The summed E-state index contributed by atoms with van der Waals surface area (Å²) in [7, 11) is 2.13. The average molecular weight is 687 g/mol. The topological polar surface area (TPSA) is 120 Å². The first-order valence-corrected chi connectivity index (χ1v) is 17.8. The molecule has 0 bridgehead atoms. The number of hydrogen-bond acceptors (Lipinski definition) is 8. The number of anilines is 1. The maximum absolute atomic E-state index is 11.6. The van der Waals surface area contributed by atoms with Gasteiger partial charge in [-0.15, -0.1) is 10.2 Å². The van der Waals surface area contributed by atoms with Crippen LogP contribution in [0.25, 0.3) is 22.5 Å². The number of rotatable bonds is 12. The molecule has 0 saturated carbocycles. The van der Waals surface area contributed by atoms with E-state index >= 15 is 0 Å². The molecule has 0 spiro atoms. The van der Waals surface area contributed by atoms with Crippen molar-refractivity contribution in [3.8, 4) is 22.5 Å². The summed E-state index contributed by atoms with van der Waals surface area (Å²) in [4.78, 5) is 24.2. The molecule has 0 fully saturated rings. The monoisotopic (exact) mass is 686 g/mol. The Bertz CT molecular complexity index is 1670. The highest BCUT2D eigenvalue weighted by molar-refractivity contribution is 5.88. The lowest BCUT2D eigenvalue weighted by Gasteiger charge is -2.32. The quantitative estimate of drug-likeness (QED) is 0.152. The number of nitrogens with zero attached hydrogens (tertiary/aromatic N) is 7. The van der Waals surface area contributed by atoms with Crippen LogP contribution < -0.4 is 10.2 Å². The van der Waals surface area contributed by atoms with Gasteiger partial charge in [0.15, 0.2) is 0 Å². The zero-order valence-electron chi connectivity index (χ0n) is 32.0. The Morgan fingerprint density at radius 3 is 2.26 bits per heavy atom. The highest BCUT2D eigenvalue weighted by Crippen LogP contribution is 2.41. The van der Waals surface area contributed by atoms with E-state index in [9.17, 15) is 9.59 Å². The molecule has 11 nitrogen and oxygen atoms in total. The van der Waals surface area contributed by atoms with Gasteiger partial charge in [0.2, 0.25) is 5.91 Å². The molecule has 1 aliphatic rings. The number of amides is 1. The first-order valence-electron chi connectivity index (χ1n) is 17.8. The molecule has 2 aromatic carbocycles. The number of benzene rings is 2. The number of nitrogens with one attached hydrogen (secondary N) is 1. The zero-order valence-corrected chi connectivity index (χ0v) is 32.0. The van der Waals surface area contributed by atoms with E-state index < -0.39 is 5.60 Å². The predicted octanol–water partition coefficient (Wildman–Crippen LogP) is 7.49. The smallest absolute Gasteiger partial charge is 0.220 e. The highest BCUT2D eigenvalue weighted by atomic mass is 16.5. The Morgan fingerprint density at radius 2 is 1.62 bits per heavy atom. The van der Waals surface area contributed by atoms with Crippen molar-refractivity contribution in [2.24, 2.45) is 5.41 Å². The van der Waals surface area contributed by atoms with Crippen LogP contribution >= 0.6 is 0 Å². The van der Waals surface area contributed by atoms with Crippen LogP contribution in [0.2, 0.25) is 0 Å². The molecule has 11 heteroatoms. The fourth-order valence-electron chi connectivity index (χ4n) is 5.47. The molecule has 2 aromatic heterocycles. The average Bonchev–Trinajstić information content (AvgIpc) is 3.74. The van der Waals surface area contributed by atoms with Crippen LogP contribution in [0.3, 0.4) is 0 Å². The highest BCUT2D eigenvalue weighted by Gasteiger charge is 2.27. The van der Waals surface area contributed by atoms with Crippen LogP contribution in [0.4, 0.5) is 5.69 Å². The Labute approximate surface area is 298 Å². The molecular weight excluding hydrogens is 628 g/mol. The molecule has 272 valence electrons. The Kier molecular flexibility index (Phi) is 14.4. The van der Waals surface area contributed by atoms with Crippen LogP contribution in [-0.2, 0) is 27.4 Å². The second-order valence-electron chi connectivity index (χ2n) is 14.5. The van der Waals surface area contributed by atoms with Crippen molar-refractivity contribution >= 4 is 17.9 Å². The van der Waals surface area contributed by atoms with Crippen molar-refractivity contribution < 1.29 is 14.3 Å². The number of carbonyl (C=O) groups is 2. The number of ether oxygens (including phenoxy) is 1. The van der Waals surface area contributed by atoms with Crippen molar-refractivity contribution in [2.45, 2.75) is 113 Å². The molecule has 0 aliphatic carbocycles. The lowest BCUT2D eigenvalue weighted by molar-refractivity contribution is -0.123. The Balaban J connectivity index is 0.000000258. The van der Waals surface area contributed by atoms with E-state index in [1.54, 1.807) is 0 Å². The first kappa shape index (κ1) is 40.1. The summed E-state index contributed by atoms with van der Waals surface area (Å²) >= 11 is 0. The molecule has 4 aromatic rings. The number of para-hydroxylation sites is 1.